The SMILES string of the molecule is CC(C)N1C[C@@H](CN2CCC2)CCC1=O. The van der Waals surface area contributed by atoms with Crippen molar-refractivity contribution in [3.05, 3.63) is 0 Å². The number of amides is 1. The van der Waals surface area contributed by atoms with Gasteiger partial charge in [0.1, 0.15) is 0 Å². The van der Waals surface area contributed by atoms with Gasteiger partial charge in [-0.3, -0.25) is 4.79 Å². The first-order valence-electron chi connectivity index (χ1n) is 6.18. The average molecular weight is 210 g/mol. The van der Waals surface area contributed by atoms with Gasteiger partial charge in [0.15, 0.2) is 0 Å². The van der Waals surface area contributed by atoms with Crippen molar-refractivity contribution in [3.8, 4) is 0 Å². The van der Waals surface area contributed by atoms with Crippen LogP contribution in [-0.2, 0) is 4.79 Å². The molecule has 1 atom stereocenters. The summed E-state index contributed by atoms with van der Waals surface area (Å²) in [4.78, 5) is 16.2. The van der Waals surface area contributed by atoms with Crippen molar-refractivity contribution in [2.45, 2.75) is 39.2 Å². The Morgan fingerprint density at radius 3 is 2.67 bits per heavy atom. The zero-order valence-corrected chi connectivity index (χ0v) is 9.91. The summed E-state index contributed by atoms with van der Waals surface area (Å²) in [6.07, 6.45) is 3.22. The Bertz CT molecular complexity index is 236. The fraction of sp³-hybridized carbons (Fsp3) is 0.917. The maximum Gasteiger partial charge on any atom is 0.222 e. The lowest BCUT2D eigenvalue weighted by Crippen LogP contribution is -2.49. The minimum absolute atomic E-state index is 0.352. The van der Waals surface area contributed by atoms with E-state index in [4.69, 9.17) is 0 Å². The topological polar surface area (TPSA) is 23.6 Å². The first-order valence-corrected chi connectivity index (χ1v) is 6.18. The van der Waals surface area contributed by atoms with Crippen molar-refractivity contribution in [2.24, 2.45) is 5.92 Å². The van der Waals surface area contributed by atoms with E-state index in [0.717, 1.165) is 19.4 Å². The van der Waals surface area contributed by atoms with E-state index in [2.05, 4.69) is 18.7 Å². The van der Waals surface area contributed by atoms with E-state index >= 15 is 0 Å². The van der Waals surface area contributed by atoms with Crippen molar-refractivity contribution in [1.82, 2.24) is 9.80 Å². The molecule has 2 rings (SSSR count). The lowest BCUT2D eigenvalue weighted by molar-refractivity contribution is -0.137. The molecule has 0 aromatic rings. The minimum atomic E-state index is 0.352. The third kappa shape index (κ3) is 2.51. The third-order valence-electron chi connectivity index (χ3n) is 3.63. The lowest BCUT2D eigenvalue weighted by atomic mass is 9.95. The van der Waals surface area contributed by atoms with Crippen LogP contribution in [0.3, 0.4) is 0 Å². The summed E-state index contributed by atoms with van der Waals surface area (Å²) >= 11 is 0. The molecule has 0 spiro atoms. The van der Waals surface area contributed by atoms with Crippen LogP contribution in [-0.4, -0.2) is 47.9 Å². The number of nitrogens with zero attached hydrogens (tertiary/aromatic N) is 2. The van der Waals surface area contributed by atoms with Crippen LogP contribution in [0, 0.1) is 5.92 Å². The Morgan fingerprint density at radius 2 is 2.13 bits per heavy atom. The van der Waals surface area contributed by atoms with Gasteiger partial charge in [-0.15, -0.1) is 0 Å². The van der Waals surface area contributed by atoms with Gasteiger partial charge in [0.05, 0.1) is 0 Å². The van der Waals surface area contributed by atoms with Crippen LogP contribution in [0.4, 0.5) is 0 Å². The number of carbonyl (C=O) groups excluding carboxylic acids is 1. The largest absolute Gasteiger partial charge is 0.340 e. The Kier molecular flexibility index (Phi) is 3.29. The summed E-state index contributed by atoms with van der Waals surface area (Å²) < 4.78 is 0. The van der Waals surface area contributed by atoms with E-state index in [1.165, 1.54) is 26.1 Å². The van der Waals surface area contributed by atoms with Gasteiger partial charge in [0, 0.05) is 25.6 Å². The van der Waals surface area contributed by atoms with Crippen molar-refractivity contribution in [2.75, 3.05) is 26.2 Å². The molecular formula is C12H22N2O. The second-order valence-corrected chi connectivity index (χ2v) is 5.20. The van der Waals surface area contributed by atoms with E-state index < -0.39 is 0 Å². The van der Waals surface area contributed by atoms with Gasteiger partial charge in [0.25, 0.3) is 0 Å². The highest BCUT2D eigenvalue weighted by Crippen LogP contribution is 2.22. The van der Waals surface area contributed by atoms with E-state index in [0.29, 0.717) is 17.9 Å². The van der Waals surface area contributed by atoms with Crippen molar-refractivity contribution in [1.29, 1.82) is 0 Å². The Morgan fingerprint density at radius 1 is 1.40 bits per heavy atom. The standard InChI is InChI=1S/C12H22N2O/c1-10(2)14-9-11(4-5-12(14)15)8-13-6-3-7-13/h10-11H,3-9H2,1-2H3/t11-/m1/s1. The fourth-order valence-corrected chi connectivity index (χ4v) is 2.52. The smallest absolute Gasteiger partial charge is 0.222 e. The third-order valence-corrected chi connectivity index (χ3v) is 3.63. The molecule has 0 aromatic heterocycles. The van der Waals surface area contributed by atoms with Gasteiger partial charge >= 0.3 is 0 Å². The maximum absolute atomic E-state index is 11.7. The molecule has 86 valence electrons. The number of hydrogen-bond donors (Lipinski definition) is 0. The van der Waals surface area contributed by atoms with E-state index in [1.807, 2.05) is 4.90 Å². The van der Waals surface area contributed by atoms with Crippen LogP contribution in [0.2, 0.25) is 0 Å². The highest BCUT2D eigenvalue weighted by Gasteiger charge is 2.29. The molecule has 3 heteroatoms. The van der Waals surface area contributed by atoms with Gasteiger partial charge < -0.3 is 9.80 Å². The molecule has 2 aliphatic rings. The highest BCUT2D eigenvalue weighted by molar-refractivity contribution is 5.77. The quantitative estimate of drug-likeness (QED) is 0.702. The molecule has 0 saturated carbocycles. The summed E-state index contributed by atoms with van der Waals surface area (Å²) in [7, 11) is 0. The first-order chi connectivity index (χ1) is 7.16. The Hall–Kier alpha value is -0.570. The zero-order valence-electron chi connectivity index (χ0n) is 9.91. The molecule has 0 bridgehead atoms. The number of hydrogen-bond acceptors (Lipinski definition) is 2. The lowest BCUT2D eigenvalue weighted by Gasteiger charge is -2.40. The maximum atomic E-state index is 11.7. The average Bonchev–Trinajstić information content (AvgIpc) is 2.13. The van der Waals surface area contributed by atoms with Gasteiger partial charge in [-0.25, -0.2) is 0 Å². The molecule has 3 nitrogen and oxygen atoms in total. The van der Waals surface area contributed by atoms with Crippen molar-refractivity contribution in [3.63, 3.8) is 0 Å². The van der Waals surface area contributed by atoms with Crippen molar-refractivity contribution >= 4 is 5.91 Å². The molecule has 2 fully saturated rings. The molecule has 0 aliphatic carbocycles. The van der Waals surface area contributed by atoms with Gasteiger partial charge in [-0.05, 0) is 45.7 Å². The van der Waals surface area contributed by atoms with E-state index in [9.17, 15) is 4.79 Å². The van der Waals surface area contributed by atoms with Gasteiger partial charge in [-0.1, -0.05) is 0 Å². The Balaban J connectivity index is 1.84. The van der Waals surface area contributed by atoms with Crippen LogP contribution in [0.15, 0.2) is 0 Å². The number of carbonyl (C=O) groups is 1. The second-order valence-electron chi connectivity index (χ2n) is 5.20. The Labute approximate surface area is 92.4 Å². The molecule has 0 unspecified atom stereocenters. The summed E-state index contributed by atoms with van der Waals surface area (Å²) in [5, 5.41) is 0. The van der Waals surface area contributed by atoms with Gasteiger partial charge in [-0.2, -0.15) is 0 Å². The van der Waals surface area contributed by atoms with E-state index in [-0.39, 0.29) is 0 Å². The summed E-state index contributed by atoms with van der Waals surface area (Å²) in [6, 6.07) is 0.372. The van der Waals surface area contributed by atoms with Crippen molar-refractivity contribution < 1.29 is 4.79 Å². The van der Waals surface area contributed by atoms with Crippen LogP contribution >= 0.6 is 0 Å². The second kappa shape index (κ2) is 4.52. The minimum Gasteiger partial charge on any atom is -0.340 e. The summed E-state index contributed by atoms with van der Waals surface area (Å²) in [5.41, 5.74) is 0. The van der Waals surface area contributed by atoms with Crippen LogP contribution in [0.5, 0.6) is 0 Å². The van der Waals surface area contributed by atoms with Gasteiger partial charge in [0.2, 0.25) is 5.91 Å². The molecule has 0 N–H and O–H groups in total. The fourth-order valence-electron chi connectivity index (χ4n) is 2.52. The first kappa shape index (κ1) is 10.9. The number of likely N-dealkylation sites (tertiary alicyclic amines) is 2. The van der Waals surface area contributed by atoms with Crippen LogP contribution in [0.25, 0.3) is 0 Å². The predicted octanol–water partition coefficient (Wildman–Crippen LogP) is 1.34. The highest BCUT2D eigenvalue weighted by atomic mass is 16.2. The monoisotopic (exact) mass is 210 g/mol. The molecule has 0 radical (unpaired) electrons. The molecule has 2 aliphatic heterocycles. The normalized spacial score (nSPS) is 28.3. The zero-order chi connectivity index (χ0) is 10.8. The summed E-state index contributed by atoms with van der Waals surface area (Å²) in [6.45, 7) is 8.95. The molecule has 1 amide bonds. The molecular weight excluding hydrogens is 188 g/mol. The van der Waals surface area contributed by atoms with E-state index in [1.54, 1.807) is 0 Å². The summed E-state index contributed by atoms with van der Waals surface area (Å²) in [5.74, 6) is 1.07. The molecule has 15 heavy (non-hydrogen) atoms. The number of rotatable bonds is 3. The van der Waals surface area contributed by atoms with Crippen LogP contribution < -0.4 is 0 Å². The van der Waals surface area contributed by atoms with Crippen LogP contribution in [0.1, 0.15) is 33.1 Å². The molecule has 2 heterocycles. The predicted molar refractivity (Wildman–Crippen MR) is 60.6 cm³/mol. The molecule has 2 saturated heterocycles. The molecule has 0 aromatic carbocycles. The number of piperidine rings is 1.